The molecule has 3 unspecified atom stereocenters. The van der Waals surface area contributed by atoms with Crippen LogP contribution < -0.4 is 5.32 Å². The molecule has 1 heterocycles. The van der Waals surface area contributed by atoms with Crippen molar-refractivity contribution in [2.24, 2.45) is 5.92 Å². The predicted octanol–water partition coefficient (Wildman–Crippen LogP) is 3.25. The van der Waals surface area contributed by atoms with Crippen molar-refractivity contribution in [3.63, 3.8) is 0 Å². The van der Waals surface area contributed by atoms with Gasteiger partial charge in [-0.3, -0.25) is 0 Å². The van der Waals surface area contributed by atoms with Gasteiger partial charge in [0, 0.05) is 18.5 Å². The molecule has 0 bridgehead atoms. The molecule has 0 amide bonds. The van der Waals surface area contributed by atoms with Crippen molar-refractivity contribution in [1.82, 2.24) is 10.2 Å². The fourth-order valence-corrected chi connectivity index (χ4v) is 3.64. The molecule has 2 fully saturated rings. The summed E-state index contributed by atoms with van der Waals surface area (Å²) in [5, 5.41) is 3.81. The first-order chi connectivity index (χ1) is 9.86. The summed E-state index contributed by atoms with van der Waals surface area (Å²) in [4.78, 5) is 2.65. The van der Waals surface area contributed by atoms with Gasteiger partial charge in [-0.2, -0.15) is 0 Å². The number of hydrogen-bond acceptors (Lipinski definition) is 2. The minimum Gasteiger partial charge on any atom is -0.313 e. The predicted molar refractivity (Wildman–Crippen MR) is 85.0 cm³/mol. The number of piperidine rings is 1. The highest BCUT2D eigenvalue weighted by Gasteiger charge is 2.38. The zero-order valence-electron chi connectivity index (χ0n) is 12.7. The Balaban J connectivity index is 1.40. The van der Waals surface area contributed by atoms with Gasteiger partial charge in [-0.05, 0) is 56.8 Å². The second kappa shape index (κ2) is 6.73. The lowest BCUT2D eigenvalue weighted by Crippen LogP contribution is -2.40. The van der Waals surface area contributed by atoms with Gasteiger partial charge in [0.1, 0.15) is 0 Å². The molecule has 1 aromatic rings. The lowest BCUT2D eigenvalue weighted by molar-refractivity contribution is 0.172. The van der Waals surface area contributed by atoms with Crippen LogP contribution >= 0.6 is 0 Å². The van der Waals surface area contributed by atoms with E-state index in [1.807, 2.05) is 0 Å². The molecular weight excluding hydrogens is 244 g/mol. The summed E-state index contributed by atoms with van der Waals surface area (Å²) in [5.41, 5.74) is 1.52. The van der Waals surface area contributed by atoms with Crippen molar-refractivity contribution in [1.29, 1.82) is 0 Å². The molecule has 1 aliphatic heterocycles. The van der Waals surface area contributed by atoms with Crippen molar-refractivity contribution in [3.8, 4) is 0 Å². The van der Waals surface area contributed by atoms with Gasteiger partial charge in [0.2, 0.25) is 0 Å². The van der Waals surface area contributed by atoms with E-state index in [-0.39, 0.29) is 0 Å². The van der Waals surface area contributed by atoms with E-state index >= 15 is 0 Å². The van der Waals surface area contributed by atoms with Crippen molar-refractivity contribution in [2.45, 2.75) is 44.6 Å². The average molecular weight is 272 g/mol. The molecule has 0 radical (unpaired) electrons. The molecule has 20 heavy (non-hydrogen) atoms. The summed E-state index contributed by atoms with van der Waals surface area (Å²) < 4.78 is 0. The van der Waals surface area contributed by atoms with Gasteiger partial charge >= 0.3 is 0 Å². The van der Waals surface area contributed by atoms with Crippen LogP contribution in [0.4, 0.5) is 0 Å². The number of likely N-dealkylation sites (tertiary alicyclic amines) is 1. The highest BCUT2D eigenvalue weighted by Crippen LogP contribution is 2.40. The Morgan fingerprint density at radius 1 is 1.25 bits per heavy atom. The third kappa shape index (κ3) is 3.62. The zero-order chi connectivity index (χ0) is 13.8. The van der Waals surface area contributed by atoms with E-state index in [9.17, 15) is 0 Å². The quantitative estimate of drug-likeness (QED) is 0.855. The largest absolute Gasteiger partial charge is 0.313 e. The van der Waals surface area contributed by atoms with E-state index in [0.29, 0.717) is 0 Å². The molecule has 1 aliphatic carbocycles. The Labute approximate surface area is 123 Å². The van der Waals surface area contributed by atoms with E-state index in [1.165, 1.54) is 57.4 Å². The second-order valence-corrected chi connectivity index (χ2v) is 6.58. The normalized spacial score (nSPS) is 30.4. The Bertz CT molecular complexity index is 401. The Kier molecular flexibility index (Phi) is 4.74. The van der Waals surface area contributed by atoms with Gasteiger partial charge in [-0.25, -0.2) is 0 Å². The Morgan fingerprint density at radius 3 is 2.90 bits per heavy atom. The second-order valence-electron chi connectivity index (χ2n) is 6.58. The zero-order valence-corrected chi connectivity index (χ0v) is 12.7. The standard InChI is InChI=1S/C18H28N2/c1-2-10-20-11-6-7-15(14-20)13-19-18-12-17(18)16-8-4-3-5-9-16/h3-5,8-9,15,17-19H,2,6-7,10-14H2,1H3. The van der Waals surface area contributed by atoms with E-state index in [4.69, 9.17) is 0 Å². The summed E-state index contributed by atoms with van der Waals surface area (Å²) in [5.74, 6) is 1.64. The Hall–Kier alpha value is -0.860. The summed E-state index contributed by atoms with van der Waals surface area (Å²) in [6.07, 6.45) is 5.42. The maximum absolute atomic E-state index is 3.81. The first-order valence-corrected chi connectivity index (χ1v) is 8.37. The lowest BCUT2D eigenvalue weighted by atomic mass is 9.98. The molecule has 1 N–H and O–H groups in total. The van der Waals surface area contributed by atoms with Gasteiger partial charge in [0.25, 0.3) is 0 Å². The third-order valence-corrected chi connectivity index (χ3v) is 4.83. The fraction of sp³-hybridized carbons (Fsp3) is 0.667. The number of nitrogens with one attached hydrogen (secondary N) is 1. The van der Waals surface area contributed by atoms with Crippen LogP contribution in [0.3, 0.4) is 0 Å². The average Bonchev–Trinajstić information content (AvgIpc) is 3.27. The van der Waals surface area contributed by atoms with Crippen LogP contribution in [-0.2, 0) is 0 Å². The fourth-order valence-electron chi connectivity index (χ4n) is 3.64. The molecule has 0 aromatic heterocycles. The molecule has 3 atom stereocenters. The molecular formula is C18H28N2. The molecule has 1 aromatic carbocycles. The van der Waals surface area contributed by atoms with Crippen molar-refractivity contribution in [3.05, 3.63) is 35.9 Å². The molecule has 0 spiro atoms. The molecule has 110 valence electrons. The number of nitrogens with zero attached hydrogens (tertiary/aromatic N) is 1. The SMILES string of the molecule is CCCN1CCCC(CNC2CC2c2ccccc2)C1. The monoisotopic (exact) mass is 272 g/mol. The lowest BCUT2D eigenvalue weighted by Gasteiger charge is -2.32. The van der Waals surface area contributed by atoms with E-state index in [0.717, 1.165) is 17.9 Å². The van der Waals surface area contributed by atoms with Crippen LogP contribution in [0.25, 0.3) is 0 Å². The molecule has 2 heteroatoms. The van der Waals surface area contributed by atoms with Gasteiger partial charge in [-0.1, -0.05) is 37.3 Å². The summed E-state index contributed by atoms with van der Waals surface area (Å²) in [6, 6.07) is 11.7. The van der Waals surface area contributed by atoms with E-state index in [2.05, 4.69) is 47.5 Å². The van der Waals surface area contributed by atoms with E-state index < -0.39 is 0 Å². The first kappa shape index (κ1) is 14.1. The van der Waals surface area contributed by atoms with Gasteiger partial charge < -0.3 is 10.2 Å². The number of benzene rings is 1. The van der Waals surface area contributed by atoms with Crippen LogP contribution in [0.15, 0.2) is 30.3 Å². The number of rotatable bonds is 6. The third-order valence-electron chi connectivity index (χ3n) is 4.83. The van der Waals surface area contributed by atoms with Crippen LogP contribution in [0.5, 0.6) is 0 Å². The first-order valence-electron chi connectivity index (χ1n) is 8.37. The van der Waals surface area contributed by atoms with E-state index in [1.54, 1.807) is 0 Å². The number of hydrogen-bond donors (Lipinski definition) is 1. The van der Waals surface area contributed by atoms with Crippen LogP contribution in [0.2, 0.25) is 0 Å². The van der Waals surface area contributed by atoms with Gasteiger partial charge in [0.15, 0.2) is 0 Å². The van der Waals surface area contributed by atoms with Crippen LogP contribution in [0, 0.1) is 5.92 Å². The highest BCUT2D eigenvalue weighted by atomic mass is 15.1. The minimum absolute atomic E-state index is 0.735. The van der Waals surface area contributed by atoms with Gasteiger partial charge in [-0.15, -0.1) is 0 Å². The highest BCUT2D eigenvalue weighted by molar-refractivity contribution is 5.27. The molecule has 1 saturated heterocycles. The van der Waals surface area contributed by atoms with Crippen molar-refractivity contribution >= 4 is 0 Å². The maximum Gasteiger partial charge on any atom is 0.0143 e. The summed E-state index contributed by atoms with van der Waals surface area (Å²) >= 11 is 0. The summed E-state index contributed by atoms with van der Waals surface area (Å²) in [6.45, 7) is 7.42. The van der Waals surface area contributed by atoms with Crippen LogP contribution in [0.1, 0.15) is 44.1 Å². The van der Waals surface area contributed by atoms with Crippen molar-refractivity contribution < 1.29 is 0 Å². The van der Waals surface area contributed by atoms with Gasteiger partial charge in [0.05, 0.1) is 0 Å². The molecule has 3 rings (SSSR count). The minimum atomic E-state index is 0.735. The van der Waals surface area contributed by atoms with Crippen LogP contribution in [-0.4, -0.2) is 37.1 Å². The Morgan fingerprint density at radius 2 is 2.10 bits per heavy atom. The maximum atomic E-state index is 3.81. The molecule has 2 nitrogen and oxygen atoms in total. The molecule has 2 aliphatic rings. The summed E-state index contributed by atoms with van der Waals surface area (Å²) in [7, 11) is 0. The topological polar surface area (TPSA) is 15.3 Å². The molecule has 1 saturated carbocycles. The van der Waals surface area contributed by atoms with Crippen molar-refractivity contribution in [2.75, 3.05) is 26.2 Å². The smallest absolute Gasteiger partial charge is 0.0143 e.